The van der Waals surface area contributed by atoms with Crippen LogP contribution < -0.4 is 5.73 Å². The maximum absolute atomic E-state index is 13.3. The van der Waals surface area contributed by atoms with Crippen molar-refractivity contribution in [2.45, 2.75) is 25.8 Å². The largest absolute Gasteiger partial charge is 0.324 e. The molecule has 0 aromatic heterocycles. The Bertz CT molecular complexity index is 374. The van der Waals surface area contributed by atoms with Gasteiger partial charge >= 0.3 is 0 Å². The van der Waals surface area contributed by atoms with Crippen LogP contribution in [0.3, 0.4) is 0 Å². The van der Waals surface area contributed by atoms with Gasteiger partial charge in [-0.25, -0.2) is 4.39 Å². The summed E-state index contributed by atoms with van der Waals surface area (Å²) in [6.45, 7) is 1.80. The topological polar surface area (TPSA) is 26.0 Å². The van der Waals surface area contributed by atoms with Crippen molar-refractivity contribution in [1.82, 2.24) is 0 Å². The van der Waals surface area contributed by atoms with Crippen LogP contribution in [-0.4, -0.2) is 0 Å². The van der Waals surface area contributed by atoms with Gasteiger partial charge in [-0.05, 0) is 37.5 Å². The van der Waals surface area contributed by atoms with E-state index in [9.17, 15) is 4.39 Å². The van der Waals surface area contributed by atoms with E-state index in [1.807, 2.05) is 6.07 Å². The van der Waals surface area contributed by atoms with Crippen LogP contribution in [0.5, 0.6) is 0 Å². The van der Waals surface area contributed by atoms with Crippen LogP contribution in [0, 0.1) is 5.82 Å². The highest BCUT2D eigenvalue weighted by Gasteiger charge is 2.12. The van der Waals surface area contributed by atoms with E-state index in [2.05, 4.69) is 6.08 Å². The van der Waals surface area contributed by atoms with E-state index in [0.29, 0.717) is 5.56 Å². The van der Waals surface area contributed by atoms with Gasteiger partial charge in [0.2, 0.25) is 0 Å². The van der Waals surface area contributed by atoms with E-state index >= 15 is 0 Å². The predicted octanol–water partition coefficient (Wildman–Crippen LogP) is 3.02. The van der Waals surface area contributed by atoms with Crippen LogP contribution in [-0.2, 0) is 0 Å². The molecule has 1 unspecified atom stereocenters. The number of hydrogen-bond donors (Lipinski definition) is 1. The standard InChI is InChI=1S/C12H14FN/c1-8(14)11-7-10(4-5-12(11)13)6-9-2-3-9/h4-8H,2-3,14H2,1H3. The summed E-state index contributed by atoms with van der Waals surface area (Å²) < 4.78 is 13.3. The molecule has 1 nitrogen and oxygen atoms in total. The third-order valence-corrected chi connectivity index (χ3v) is 2.42. The maximum Gasteiger partial charge on any atom is 0.128 e. The van der Waals surface area contributed by atoms with Gasteiger partial charge in [0, 0.05) is 11.6 Å². The highest BCUT2D eigenvalue weighted by atomic mass is 19.1. The van der Waals surface area contributed by atoms with Crippen LogP contribution in [0.15, 0.2) is 23.8 Å². The van der Waals surface area contributed by atoms with Gasteiger partial charge in [-0.1, -0.05) is 17.7 Å². The first kappa shape index (κ1) is 9.41. The van der Waals surface area contributed by atoms with E-state index in [1.165, 1.54) is 24.5 Å². The van der Waals surface area contributed by atoms with Crippen molar-refractivity contribution in [3.05, 3.63) is 40.7 Å². The van der Waals surface area contributed by atoms with E-state index in [1.54, 1.807) is 13.0 Å². The van der Waals surface area contributed by atoms with Gasteiger partial charge in [0.05, 0.1) is 0 Å². The first-order valence-electron chi connectivity index (χ1n) is 4.91. The number of halogens is 1. The zero-order valence-corrected chi connectivity index (χ0v) is 8.26. The number of rotatable bonds is 2. The minimum atomic E-state index is -0.243. The van der Waals surface area contributed by atoms with Gasteiger partial charge in [0.15, 0.2) is 0 Å². The highest BCUT2D eigenvalue weighted by Crippen LogP contribution is 2.30. The third-order valence-electron chi connectivity index (χ3n) is 2.42. The number of benzene rings is 1. The molecule has 2 heteroatoms. The lowest BCUT2D eigenvalue weighted by Gasteiger charge is -2.07. The van der Waals surface area contributed by atoms with Gasteiger partial charge in [0.1, 0.15) is 5.82 Å². The molecule has 0 radical (unpaired) electrons. The fourth-order valence-electron chi connectivity index (χ4n) is 1.45. The minimum Gasteiger partial charge on any atom is -0.324 e. The molecule has 1 aliphatic carbocycles. The molecule has 0 spiro atoms. The Morgan fingerprint density at radius 3 is 2.71 bits per heavy atom. The summed E-state index contributed by atoms with van der Waals surface area (Å²) in [6, 6.07) is 4.89. The first-order valence-corrected chi connectivity index (χ1v) is 4.91. The van der Waals surface area contributed by atoms with Crippen LogP contribution in [0.1, 0.15) is 36.9 Å². The van der Waals surface area contributed by atoms with E-state index < -0.39 is 0 Å². The minimum absolute atomic E-state index is 0.210. The Morgan fingerprint density at radius 2 is 2.14 bits per heavy atom. The smallest absolute Gasteiger partial charge is 0.128 e. The maximum atomic E-state index is 13.3. The lowest BCUT2D eigenvalue weighted by atomic mass is 10.0. The molecule has 0 heterocycles. The van der Waals surface area contributed by atoms with Gasteiger partial charge < -0.3 is 5.73 Å². The lowest BCUT2D eigenvalue weighted by molar-refractivity contribution is 0.593. The van der Waals surface area contributed by atoms with Crippen LogP contribution in [0.2, 0.25) is 0 Å². The molecule has 0 saturated heterocycles. The normalized spacial score (nSPS) is 16.6. The molecule has 1 aliphatic rings. The summed E-state index contributed by atoms with van der Waals surface area (Å²) in [7, 11) is 0. The summed E-state index contributed by atoms with van der Waals surface area (Å²) >= 11 is 0. The Balaban J connectivity index is 2.35. The monoisotopic (exact) mass is 191 g/mol. The fourth-order valence-corrected chi connectivity index (χ4v) is 1.45. The van der Waals surface area contributed by atoms with E-state index in [0.717, 1.165) is 5.56 Å². The third kappa shape index (κ3) is 2.02. The molecule has 2 rings (SSSR count). The van der Waals surface area contributed by atoms with Crippen LogP contribution in [0.4, 0.5) is 4.39 Å². The summed E-state index contributed by atoms with van der Waals surface area (Å²) in [5.74, 6) is -0.210. The predicted molar refractivity (Wildman–Crippen MR) is 56.2 cm³/mol. The second kappa shape index (κ2) is 3.54. The quantitative estimate of drug-likeness (QED) is 0.764. The SMILES string of the molecule is CC(N)c1cc(C=C2CC2)ccc1F. The lowest BCUT2D eigenvalue weighted by Crippen LogP contribution is -2.07. The second-order valence-electron chi connectivity index (χ2n) is 3.87. The van der Waals surface area contributed by atoms with Gasteiger partial charge in [-0.15, -0.1) is 0 Å². The van der Waals surface area contributed by atoms with Crippen molar-refractivity contribution in [3.63, 3.8) is 0 Å². The molecule has 0 aliphatic heterocycles. The van der Waals surface area contributed by atoms with Crippen molar-refractivity contribution in [2.75, 3.05) is 0 Å². The Kier molecular flexibility index (Phi) is 2.38. The van der Waals surface area contributed by atoms with Crippen molar-refractivity contribution in [3.8, 4) is 0 Å². The molecule has 0 amide bonds. The molecular weight excluding hydrogens is 177 g/mol. The Morgan fingerprint density at radius 1 is 1.43 bits per heavy atom. The van der Waals surface area contributed by atoms with Crippen molar-refractivity contribution in [1.29, 1.82) is 0 Å². The molecule has 74 valence electrons. The summed E-state index contributed by atoms with van der Waals surface area (Å²) in [6.07, 6.45) is 4.49. The van der Waals surface area contributed by atoms with Crippen molar-refractivity contribution < 1.29 is 4.39 Å². The highest BCUT2D eigenvalue weighted by molar-refractivity contribution is 5.57. The molecular formula is C12H14FN. The van der Waals surface area contributed by atoms with Gasteiger partial charge in [-0.2, -0.15) is 0 Å². The van der Waals surface area contributed by atoms with Crippen molar-refractivity contribution in [2.24, 2.45) is 5.73 Å². The number of allylic oxidation sites excluding steroid dienone is 1. The van der Waals surface area contributed by atoms with Crippen LogP contribution >= 0.6 is 0 Å². The second-order valence-corrected chi connectivity index (χ2v) is 3.87. The van der Waals surface area contributed by atoms with E-state index in [-0.39, 0.29) is 11.9 Å². The zero-order valence-electron chi connectivity index (χ0n) is 8.26. The molecule has 0 bridgehead atoms. The molecule has 14 heavy (non-hydrogen) atoms. The van der Waals surface area contributed by atoms with Crippen molar-refractivity contribution >= 4 is 6.08 Å². The Labute approximate surface area is 83.4 Å². The van der Waals surface area contributed by atoms with Gasteiger partial charge in [0.25, 0.3) is 0 Å². The molecule has 1 atom stereocenters. The van der Waals surface area contributed by atoms with Gasteiger partial charge in [-0.3, -0.25) is 0 Å². The summed E-state index contributed by atoms with van der Waals surface area (Å²) in [5.41, 5.74) is 8.76. The molecule has 1 fully saturated rings. The number of hydrogen-bond acceptors (Lipinski definition) is 1. The average molecular weight is 191 g/mol. The average Bonchev–Trinajstić information content (AvgIpc) is 2.92. The molecule has 1 saturated carbocycles. The molecule has 1 aromatic rings. The molecule has 1 aromatic carbocycles. The molecule has 2 N–H and O–H groups in total. The fraction of sp³-hybridized carbons (Fsp3) is 0.333. The number of nitrogens with two attached hydrogens (primary N) is 1. The van der Waals surface area contributed by atoms with E-state index in [4.69, 9.17) is 5.73 Å². The Hall–Kier alpha value is -1.15. The summed E-state index contributed by atoms with van der Waals surface area (Å²) in [5, 5.41) is 0. The first-order chi connectivity index (χ1) is 6.66. The zero-order chi connectivity index (χ0) is 10.1. The van der Waals surface area contributed by atoms with Crippen LogP contribution in [0.25, 0.3) is 6.08 Å². The summed E-state index contributed by atoms with van der Waals surface area (Å²) in [4.78, 5) is 0.